The molecule has 1 amide bonds. The van der Waals surface area contributed by atoms with E-state index in [2.05, 4.69) is 15.3 Å². The number of rotatable bonds is 10. The van der Waals surface area contributed by atoms with Gasteiger partial charge in [-0.15, -0.1) is 11.3 Å². The van der Waals surface area contributed by atoms with Gasteiger partial charge in [0.1, 0.15) is 0 Å². The van der Waals surface area contributed by atoms with E-state index < -0.39 is 17.9 Å². The molecule has 1 heterocycles. The molecular formula is C24H27N5O4S. The Labute approximate surface area is 200 Å². The standard InChI is InChI=1S/C24H27N5O4S/c1-14(20(30)22-28-18-10-9-16(23(32)33)13-19(18)34-22)6-5-11-27-24(26)29-21(31)17(25)12-15-7-3-2-4-8-15/h2-4,7-10,13-14,17H,5-6,11-12,25H2,1H3,(H,32,33)(H3,26,27,29,31)/t14?,17-/m1/s1. The van der Waals surface area contributed by atoms with Gasteiger partial charge in [0.2, 0.25) is 5.91 Å². The van der Waals surface area contributed by atoms with Gasteiger partial charge in [-0.25, -0.2) is 9.78 Å². The number of aromatic nitrogens is 1. The predicted octanol–water partition coefficient (Wildman–Crippen LogP) is 2.59. The number of benzene rings is 2. The number of nitrogens with zero attached hydrogens (tertiary/aromatic N) is 2. The third-order valence-corrected chi connectivity index (χ3v) is 6.29. The summed E-state index contributed by atoms with van der Waals surface area (Å²) in [4.78, 5) is 44.5. The fourth-order valence-corrected chi connectivity index (χ4v) is 4.38. The predicted molar refractivity (Wildman–Crippen MR) is 132 cm³/mol. The van der Waals surface area contributed by atoms with Crippen molar-refractivity contribution >= 4 is 45.2 Å². The molecule has 34 heavy (non-hydrogen) atoms. The van der Waals surface area contributed by atoms with Crippen molar-refractivity contribution in [3.05, 3.63) is 64.7 Å². The lowest BCUT2D eigenvalue weighted by Gasteiger charge is -2.12. The molecule has 10 heteroatoms. The van der Waals surface area contributed by atoms with Crippen molar-refractivity contribution in [3.8, 4) is 0 Å². The number of ketones is 1. The SMILES string of the molecule is CC(CCCN=C(N)NC(=O)[C@H](N)Cc1ccccc1)C(=O)c1nc2ccc(C(=O)O)cc2s1. The van der Waals surface area contributed by atoms with Gasteiger partial charge in [-0.05, 0) is 43.0 Å². The summed E-state index contributed by atoms with van der Waals surface area (Å²) >= 11 is 1.19. The van der Waals surface area contributed by atoms with E-state index in [9.17, 15) is 14.4 Å². The van der Waals surface area contributed by atoms with Gasteiger partial charge in [-0.1, -0.05) is 37.3 Å². The first-order valence-corrected chi connectivity index (χ1v) is 11.6. The van der Waals surface area contributed by atoms with Crippen LogP contribution in [0.3, 0.4) is 0 Å². The minimum Gasteiger partial charge on any atom is -0.478 e. The van der Waals surface area contributed by atoms with Crippen molar-refractivity contribution in [2.75, 3.05) is 6.54 Å². The first kappa shape index (κ1) is 25.0. The second-order valence-corrected chi connectivity index (χ2v) is 9.00. The molecule has 2 atom stereocenters. The van der Waals surface area contributed by atoms with Crippen LogP contribution in [0.25, 0.3) is 10.2 Å². The molecule has 0 radical (unpaired) electrons. The van der Waals surface area contributed by atoms with Gasteiger partial charge in [0, 0.05) is 12.5 Å². The Morgan fingerprint density at radius 3 is 2.62 bits per heavy atom. The van der Waals surface area contributed by atoms with Crippen molar-refractivity contribution in [1.29, 1.82) is 0 Å². The minimum atomic E-state index is -1.02. The zero-order valence-electron chi connectivity index (χ0n) is 18.7. The first-order chi connectivity index (χ1) is 16.2. The van der Waals surface area contributed by atoms with Crippen LogP contribution in [0.4, 0.5) is 0 Å². The molecule has 3 rings (SSSR count). The molecule has 0 spiro atoms. The van der Waals surface area contributed by atoms with Crippen molar-refractivity contribution in [3.63, 3.8) is 0 Å². The van der Waals surface area contributed by atoms with Gasteiger partial charge in [-0.2, -0.15) is 0 Å². The lowest BCUT2D eigenvalue weighted by molar-refractivity contribution is -0.120. The highest BCUT2D eigenvalue weighted by Gasteiger charge is 2.20. The zero-order valence-corrected chi connectivity index (χ0v) is 19.5. The Hall–Kier alpha value is -3.63. The summed E-state index contributed by atoms with van der Waals surface area (Å²) in [7, 11) is 0. The van der Waals surface area contributed by atoms with Gasteiger partial charge < -0.3 is 16.6 Å². The summed E-state index contributed by atoms with van der Waals surface area (Å²) < 4.78 is 0.661. The van der Waals surface area contributed by atoms with Gasteiger partial charge in [0.25, 0.3) is 0 Å². The molecule has 0 aliphatic carbocycles. The summed E-state index contributed by atoms with van der Waals surface area (Å²) in [6.45, 7) is 2.16. The highest BCUT2D eigenvalue weighted by Crippen LogP contribution is 2.26. The molecule has 3 aromatic rings. The molecule has 9 nitrogen and oxygen atoms in total. The van der Waals surface area contributed by atoms with Crippen LogP contribution >= 0.6 is 11.3 Å². The molecule has 0 bridgehead atoms. The highest BCUT2D eigenvalue weighted by molar-refractivity contribution is 7.20. The molecular weight excluding hydrogens is 454 g/mol. The quantitative estimate of drug-likeness (QED) is 0.150. The molecule has 0 saturated heterocycles. The monoisotopic (exact) mass is 481 g/mol. The number of carbonyl (C=O) groups is 3. The maximum atomic E-state index is 12.7. The molecule has 1 unspecified atom stereocenters. The molecule has 0 aliphatic rings. The number of nitrogens with one attached hydrogen (secondary N) is 1. The Morgan fingerprint density at radius 1 is 1.18 bits per heavy atom. The number of hydrogen-bond donors (Lipinski definition) is 4. The van der Waals surface area contributed by atoms with E-state index >= 15 is 0 Å². The number of hydrogen-bond acceptors (Lipinski definition) is 7. The molecule has 2 aromatic carbocycles. The lowest BCUT2D eigenvalue weighted by atomic mass is 10.0. The van der Waals surface area contributed by atoms with Gasteiger partial charge in [0.05, 0.1) is 21.8 Å². The van der Waals surface area contributed by atoms with Crippen LogP contribution in [0, 0.1) is 5.92 Å². The fraction of sp³-hybridized carbons (Fsp3) is 0.292. The number of nitrogens with two attached hydrogens (primary N) is 2. The van der Waals surface area contributed by atoms with E-state index in [4.69, 9.17) is 16.6 Å². The maximum Gasteiger partial charge on any atom is 0.335 e. The molecule has 0 saturated carbocycles. The Kier molecular flexibility index (Phi) is 8.44. The number of aliphatic imine (C=N–C) groups is 1. The van der Waals surface area contributed by atoms with Crippen molar-refractivity contribution < 1.29 is 19.5 Å². The fourth-order valence-electron chi connectivity index (χ4n) is 3.32. The van der Waals surface area contributed by atoms with E-state index in [0.29, 0.717) is 41.0 Å². The van der Waals surface area contributed by atoms with Gasteiger partial charge in [0.15, 0.2) is 16.8 Å². The maximum absolute atomic E-state index is 12.7. The summed E-state index contributed by atoms with van der Waals surface area (Å²) in [6.07, 6.45) is 1.55. The number of Topliss-reactive ketones (excluding diaryl/α,β-unsaturated/α-hetero) is 1. The highest BCUT2D eigenvalue weighted by atomic mass is 32.1. The Morgan fingerprint density at radius 2 is 1.91 bits per heavy atom. The average Bonchev–Trinajstić information content (AvgIpc) is 3.25. The lowest BCUT2D eigenvalue weighted by Crippen LogP contribution is -2.47. The summed E-state index contributed by atoms with van der Waals surface area (Å²) in [5.41, 5.74) is 13.4. The van der Waals surface area contributed by atoms with Crippen LogP contribution in [0.5, 0.6) is 0 Å². The van der Waals surface area contributed by atoms with Gasteiger partial charge in [-0.3, -0.25) is 19.9 Å². The number of carboxylic acid groups (broad SMARTS) is 1. The summed E-state index contributed by atoms with van der Waals surface area (Å²) in [6, 6.07) is 13.3. The number of guanidine groups is 1. The van der Waals surface area contributed by atoms with Crippen molar-refractivity contribution in [1.82, 2.24) is 10.3 Å². The van der Waals surface area contributed by atoms with Crippen LogP contribution in [0.1, 0.15) is 45.5 Å². The molecule has 0 aliphatic heterocycles. The molecule has 6 N–H and O–H groups in total. The van der Waals surface area contributed by atoms with E-state index in [1.165, 1.54) is 23.5 Å². The van der Waals surface area contributed by atoms with Crippen LogP contribution in [0.15, 0.2) is 53.5 Å². The summed E-state index contributed by atoms with van der Waals surface area (Å²) in [5, 5.41) is 12.0. The second kappa shape index (κ2) is 11.5. The van der Waals surface area contributed by atoms with Crippen LogP contribution in [0.2, 0.25) is 0 Å². The van der Waals surface area contributed by atoms with E-state index in [1.807, 2.05) is 37.3 Å². The number of carbonyl (C=O) groups excluding carboxylic acids is 2. The third kappa shape index (κ3) is 6.69. The number of carboxylic acids is 1. The van der Waals surface area contributed by atoms with Crippen LogP contribution in [-0.4, -0.2) is 46.3 Å². The molecule has 1 aromatic heterocycles. The van der Waals surface area contributed by atoms with Crippen LogP contribution < -0.4 is 16.8 Å². The van der Waals surface area contributed by atoms with Crippen molar-refractivity contribution in [2.45, 2.75) is 32.2 Å². The Balaban J connectivity index is 1.46. The Bertz CT molecular complexity index is 1210. The third-order valence-electron chi connectivity index (χ3n) is 5.26. The molecule has 178 valence electrons. The minimum absolute atomic E-state index is 0.00657. The first-order valence-electron chi connectivity index (χ1n) is 10.8. The second-order valence-electron chi connectivity index (χ2n) is 7.97. The smallest absolute Gasteiger partial charge is 0.335 e. The van der Waals surface area contributed by atoms with E-state index in [1.54, 1.807) is 6.07 Å². The number of fused-ring (bicyclic) bond motifs is 1. The summed E-state index contributed by atoms with van der Waals surface area (Å²) in [5.74, 6) is -1.82. The topological polar surface area (TPSA) is 161 Å². The van der Waals surface area contributed by atoms with Gasteiger partial charge >= 0.3 is 5.97 Å². The molecule has 0 fully saturated rings. The van der Waals surface area contributed by atoms with E-state index in [-0.39, 0.29) is 23.2 Å². The largest absolute Gasteiger partial charge is 0.478 e. The van der Waals surface area contributed by atoms with Crippen molar-refractivity contribution in [2.24, 2.45) is 22.4 Å². The zero-order chi connectivity index (χ0) is 24.7. The number of amides is 1. The normalized spacial score (nSPS) is 13.4. The average molecular weight is 482 g/mol. The number of thiazole rings is 1. The van der Waals surface area contributed by atoms with Crippen LogP contribution in [-0.2, 0) is 11.2 Å². The number of aromatic carboxylic acids is 1. The van der Waals surface area contributed by atoms with E-state index in [0.717, 1.165) is 5.56 Å².